The number of fused-ring (bicyclic) bond motifs is 1. The molecule has 0 aliphatic carbocycles. The van der Waals surface area contributed by atoms with Crippen molar-refractivity contribution >= 4 is 26.7 Å². The molecule has 1 N–H and O–H groups in total. The Morgan fingerprint density at radius 3 is 2.59 bits per heavy atom. The summed E-state index contributed by atoms with van der Waals surface area (Å²) in [6.07, 6.45) is 3.71. The van der Waals surface area contributed by atoms with Crippen molar-refractivity contribution in [2.24, 2.45) is 0 Å². The molecule has 6 nitrogen and oxygen atoms in total. The molecule has 22 heavy (non-hydrogen) atoms. The third-order valence-corrected chi connectivity index (χ3v) is 5.59. The van der Waals surface area contributed by atoms with Gasteiger partial charge in [0.1, 0.15) is 0 Å². The quantitative estimate of drug-likeness (QED) is 0.920. The minimum absolute atomic E-state index is 0.412. The van der Waals surface area contributed by atoms with E-state index in [0.717, 1.165) is 16.5 Å². The van der Waals surface area contributed by atoms with Crippen LogP contribution >= 0.6 is 0 Å². The maximum atomic E-state index is 12.0. The molecule has 0 radical (unpaired) electrons. The molecule has 0 bridgehead atoms. The van der Waals surface area contributed by atoms with Gasteiger partial charge in [-0.3, -0.25) is 4.98 Å². The van der Waals surface area contributed by atoms with Gasteiger partial charge in [0.05, 0.1) is 11.9 Å². The molecule has 0 atom stereocenters. The molecular formula is C15H20N4O2S. The first-order valence-electron chi connectivity index (χ1n) is 7.44. The van der Waals surface area contributed by atoms with Gasteiger partial charge in [-0.2, -0.15) is 12.7 Å². The molecule has 0 amide bonds. The Labute approximate surface area is 130 Å². The van der Waals surface area contributed by atoms with Crippen molar-refractivity contribution in [2.45, 2.75) is 6.92 Å². The van der Waals surface area contributed by atoms with Crippen LogP contribution in [0.1, 0.15) is 6.92 Å². The van der Waals surface area contributed by atoms with Crippen molar-refractivity contribution in [2.75, 3.05) is 37.6 Å². The van der Waals surface area contributed by atoms with Gasteiger partial charge < -0.3 is 4.90 Å². The predicted octanol–water partition coefficient (Wildman–Crippen LogP) is 1.21. The molecule has 1 fully saturated rings. The Morgan fingerprint density at radius 2 is 1.86 bits per heavy atom. The number of aromatic nitrogens is 1. The summed E-state index contributed by atoms with van der Waals surface area (Å²) in [6, 6.07) is 8.12. The molecule has 0 spiro atoms. The van der Waals surface area contributed by atoms with Gasteiger partial charge >= 0.3 is 0 Å². The van der Waals surface area contributed by atoms with Crippen LogP contribution in [0.2, 0.25) is 0 Å². The first kappa shape index (κ1) is 15.2. The Balaban J connectivity index is 1.79. The van der Waals surface area contributed by atoms with E-state index in [4.69, 9.17) is 0 Å². The summed E-state index contributed by atoms with van der Waals surface area (Å²) in [4.78, 5) is 6.50. The number of hydrogen-bond acceptors (Lipinski definition) is 4. The van der Waals surface area contributed by atoms with Gasteiger partial charge in [-0.25, -0.2) is 4.72 Å². The number of pyridine rings is 1. The highest BCUT2D eigenvalue weighted by atomic mass is 32.2. The van der Waals surface area contributed by atoms with Gasteiger partial charge in [0.25, 0.3) is 10.2 Å². The second kappa shape index (κ2) is 6.20. The van der Waals surface area contributed by atoms with E-state index in [-0.39, 0.29) is 0 Å². The molecule has 1 aromatic heterocycles. The number of nitrogens with one attached hydrogen (secondary N) is 1. The summed E-state index contributed by atoms with van der Waals surface area (Å²) in [5.74, 6) is 0. The SMILES string of the molecule is CCNS(=O)(=O)N1CCN(c2cncc3ccccc23)CC1. The molecule has 7 heteroatoms. The lowest BCUT2D eigenvalue weighted by Gasteiger charge is -2.35. The number of nitrogens with zero attached hydrogens (tertiary/aromatic N) is 3. The first-order chi connectivity index (χ1) is 10.6. The standard InChI is InChI=1S/C15H20N4O2S/c1-2-17-22(20,21)19-9-7-18(8-10-19)15-12-16-11-13-5-3-4-6-14(13)15/h3-6,11-12,17H,2,7-10H2,1H3. The molecule has 0 saturated carbocycles. The Kier molecular flexibility index (Phi) is 4.28. The Bertz CT molecular complexity index is 750. The van der Waals surface area contributed by atoms with E-state index in [0.29, 0.717) is 32.7 Å². The largest absolute Gasteiger partial charge is 0.367 e. The number of benzene rings is 1. The third kappa shape index (κ3) is 2.92. The second-order valence-electron chi connectivity index (χ2n) is 5.27. The molecule has 3 rings (SSSR count). The fourth-order valence-corrected chi connectivity index (χ4v) is 3.99. The molecule has 1 aliphatic rings. The van der Waals surface area contributed by atoms with Crippen LogP contribution in [0.25, 0.3) is 10.8 Å². The molecule has 1 aromatic carbocycles. The zero-order chi connectivity index (χ0) is 15.6. The summed E-state index contributed by atoms with van der Waals surface area (Å²) in [7, 11) is -3.34. The van der Waals surface area contributed by atoms with Gasteiger partial charge in [0.15, 0.2) is 0 Å². The van der Waals surface area contributed by atoms with Crippen LogP contribution < -0.4 is 9.62 Å². The topological polar surface area (TPSA) is 65.5 Å². The highest BCUT2D eigenvalue weighted by Crippen LogP contribution is 2.26. The summed E-state index contributed by atoms with van der Waals surface area (Å²) in [5.41, 5.74) is 1.07. The Hall–Kier alpha value is -1.70. The highest BCUT2D eigenvalue weighted by molar-refractivity contribution is 7.87. The molecule has 118 valence electrons. The van der Waals surface area contributed by atoms with Crippen LogP contribution in [0.5, 0.6) is 0 Å². The zero-order valence-electron chi connectivity index (χ0n) is 12.6. The van der Waals surface area contributed by atoms with E-state index >= 15 is 0 Å². The van der Waals surface area contributed by atoms with Crippen LogP contribution in [0.15, 0.2) is 36.7 Å². The number of hydrogen-bond donors (Lipinski definition) is 1. The molecular weight excluding hydrogens is 300 g/mol. The lowest BCUT2D eigenvalue weighted by Crippen LogP contribution is -2.52. The fraction of sp³-hybridized carbons (Fsp3) is 0.400. The van der Waals surface area contributed by atoms with E-state index in [1.165, 1.54) is 4.31 Å². The van der Waals surface area contributed by atoms with Crippen LogP contribution in [0, 0.1) is 0 Å². The Morgan fingerprint density at radius 1 is 1.14 bits per heavy atom. The summed E-state index contributed by atoms with van der Waals surface area (Å²) >= 11 is 0. The minimum atomic E-state index is -3.34. The fourth-order valence-electron chi connectivity index (χ4n) is 2.80. The molecule has 1 aliphatic heterocycles. The van der Waals surface area contributed by atoms with Gasteiger partial charge in [0.2, 0.25) is 0 Å². The van der Waals surface area contributed by atoms with Gasteiger partial charge in [0, 0.05) is 49.7 Å². The van der Waals surface area contributed by atoms with Gasteiger partial charge in [-0.1, -0.05) is 31.2 Å². The summed E-state index contributed by atoms with van der Waals surface area (Å²) in [5, 5.41) is 2.25. The van der Waals surface area contributed by atoms with Crippen LogP contribution in [-0.4, -0.2) is 50.4 Å². The van der Waals surface area contributed by atoms with E-state index in [9.17, 15) is 8.42 Å². The minimum Gasteiger partial charge on any atom is -0.367 e. The maximum absolute atomic E-state index is 12.0. The van der Waals surface area contributed by atoms with E-state index < -0.39 is 10.2 Å². The van der Waals surface area contributed by atoms with Crippen LogP contribution in [-0.2, 0) is 10.2 Å². The van der Waals surface area contributed by atoms with Crippen molar-refractivity contribution in [3.63, 3.8) is 0 Å². The van der Waals surface area contributed by atoms with Crippen LogP contribution in [0.3, 0.4) is 0 Å². The van der Waals surface area contributed by atoms with Crippen molar-refractivity contribution < 1.29 is 8.42 Å². The normalized spacial score (nSPS) is 17.0. The number of anilines is 1. The lowest BCUT2D eigenvalue weighted by atomic mass is 10.1. The van der Waals surface area contributed by atoms with E-state index in [1.807, 2.05) is 30.6 Å². The van der Waals surface area contributed by atoms with Crippen molar-refractivity contribution in [1.82, 2.24) is 14.0 Å². The van der Waals surface area contributed by atoms with Gasteiger partial charge in [-0.15, -0.1) is 0 Å². The summed E-state index contributed by atoms with van der Waals surface area (Å²) in [6.45, 7) is 4.50. The number of rotatable bonds is 4. The molecule has 1 saturated heterocycles. The predicted molar refractivity (Wildman–Crippen MR) is 88.1 cm³/mol. The maximum Gasteiger partial charge on any atom is 0.279 e. The third-order valence-electron chi connectivity index (χ3n) is 3.89. The molecule has 2 aromatic rings. The van der Waals surface area contributed by atoms with E-state index in [1.54, 1.807) is 6.92 Å². The highest BCUT2D eigenvalue weighted by Gasteiger charge is 2.26. The van der Waals surface area contributed by atoms with Crippen molar-refractivity contribution in [3.8, 4) is 0 Å². The van der Waals surface area contributed by atoms with Crippen molar-refractivity contribution in [1.29, 1.82) is 0 Å². The lowest BCUT2D eigenvalue weighted by molar-refractivity contribution is 0.379. The molecule has 2 heterocycles. The first-order valence-corrected chi connectivity index (χ1v) is 8.88. The van der Waals surface area contributed by atoms with Gasteiger partial charge in [-0.05, 0) is 0 Å². The van der Waals surface area contributed by atoms with E-state index in [2.05, 4.69) is 20.7 Å². The van der Waals surface area contributed by atoms with Crippen molar-refractivity contribution in [3.05, 3.63) is 36.7 Å². The second-order valence-corrected chi connectivity index (χ2v) is 7.02. The molecule has 0 unspecified atom stereocenters. The zero-order valence-corrected chi connectivity index (χ0v) is 13.4. The smallest absolute Gasteiger partial charge is 0.279 e. The number of piperazine rings is 1. The van der Waals surface area contributed by atoms with Crippen LogP contribution in [0.4, 0.5) is 5.69 Å². The average molecular weight is 320 g/mol. The monoisotopic (exact) mass is 320 g/mol. The average Bonchev–Trinajstić information content (AvgIpc) is 2.54. The summed E-state index contributed by atoms with van der Waals surface area (Å²) < 4.78 is 28.1.